The number of nitrogens with two attached hydrogens (primary N) is 1. The molecule has 6 heteroatoms. The largest absolute Gasteiger partial charge is 0.364 e. The number of carbonyl (C=O) groups excluding carboxylic acids is 1. The van der Waals surface area contributed by atoms with Crippen molar-refractivity contribution in [1.82, 2.24) is 10.3 Å². The predicted octanol–water partition coefficient (Wildman–Crippen LogP) is 0.574. The Morgan fingerprint density at radius 3 is 3.12 bits per heavy atom. The van der Waals surface area contributed by atoms with Gasteiger partial charge in [-0.2, -0.15) is 0 Å². The van der Waals surface area contributed by atoms with Crippen molar-refractivity contribution in [2.75, 3.05) is 6.54 Å². The van der Waals surface area contributed by atoms with Crippen LogP contribution in [0.3, 0.4) is 0 Å². The summed E-state index contributed by atoms with van der Waals surface area (Å²) in [7, 11) is 0. The van der Waals surface area contributed by atoms with E-state index in [0.717, 1.165) is 23.5 Å². The molecule has 0 spiro atoms. The Balaban J connectivity index is 1.78. The number of aromatic nitrogens is 1. The van der Waals surface area contributed by atoms with Gasteiger partial charge in [0.05, 0.1) is 12.6 Å². The van der Waals surface area contributed by atoms with Crippen molar-refractivity contribution in [3.63, 3.8) is 0 Å². The standard InChI is InChI=1S/C11H17N3O2S/c1-7-6-17-10(14-7)5-13-11(15)9-3-2-8(4-12)16-9/h6,8-9H,2-5,12H2,1H3,(H,13,15). The normalized spacial score (nSPS) is 23.9. The van der Waals surface area contributed by atoms with Crippen LogP contribution < -0.4 is 11.1 Å². The van der Waals surface area contributed by atoms with Crippen molar-refractivity contribution in [3.05, 3.63) is 16.1 Å². The summed E-state index contributed by atoms with van der Waals surface area (Å²) >= 11 is 1.55. The van der Waals surface area contributed by atoms with Crippen molar-refractivity contribution in [1.29, 1.82) is 0 Å². The third kappa shape index (κ3) is 3.24. The summed E-state index contributed by atoms with van der Waals surface area (Å²) in [4.78, 5) is 16.1. The molecule has 1 aromatic heterocycles. The fourth-order valence-corrected chi connectivity index (χ4v) is 2.54. The van der Waals surface area contributed by atoms with E-state index in [9.17, 15) is 4.79 Å². The van der Waals surface area contributed by atoms with Crippen LogP contribution in [0.4, 0.5) is 0 Å². The van der Waals surface area contributed by atoms with Crippen molar-refractivity contribution in [2.45, 2.75) is 38.5 Å². The summed E-state index contributed by atoms with van der Waals surface area (Å²) in [6, 6.07) is 0. The molecule has 1 amide bonds. The summed E-state index contributed by atoms with van der Waals surface area (Å²) in [5.41, 5.74) is 6.48. The first-order valence-electron chi connectivity index (χ1n) is 5.73. The molecule has 5 nitrogen and oxygen atoms in total. The zero-order valence-corrected chi connectivity index (χ0v) is 10.6. The average molecular weight is 255 g/mol. The lowest BCUT2D eigenvalue weighted by Gasteiger charge is -2.11. The van der Waals surface area contributed by atoms with Gasteiger partial charge in [-0.1, -0.05) is 0 Å². The minimum Gasteiger partial charge on any atom is -0.364 e. The summed E-state index contributed by atoms with van der Waals surface area (Å²) in [5.74, 6) is -0.0613. The second-order valence-corrected chi connectivity index (χ2v) is 5.10. The Kier molecular flexibility index (Phi) is 4.09. The molecule has 2 rings (SSSR count). The number of hydrogen-bond donors (Lipinski definition) is 2. The summed E-state index contributed by atoms with van der Waals surface area (Å²) < 4.78 is 5.51. The number of carbonyl (C=O) groups is 1. The van der Waals surface area contributed by atoms with Crippen molar-refractivity contribution < 1.29 is 9.53 Å². The highest BCUT2D eigenvalue weighted by atomic mass is 32.1. The third-order valence-electron chi connectivity index (χ3n) is 2.74. The van der Waals surface area contributed by atoms with Crippen molar-refractivity contribution in [2.24, 2.45) is 5.73 Å². The monoisotopic (exact) mass is 255 g/mol. The number of ether oxygens (including phenoxy) is 1. The quantitative estimate of drug-likeness (QED) is 0.825. The van der Waals surface area contributed by atoms with Crippen LogP contribution in [-0.2, 0) is 16.1 Å². The van der Waals surface area contributed by atoms with E-state index in [0.29, 0.717) is 13.1 Å². The Bertz CT molecular complexity index is 394. The van der Waals surface area contributed by atoms with Gasteiger partial charge in [0.25, 0.3) is 0 Å². The van der Waals surface area contributed by atoms with Crippen LogP contribution >= 0.6 is 11.3 Å². The molecule has 94 valence electrons. The number of rotatable bonds is 4. The van der Waals surface area contributed by atoms with Crippen LogP contribution in [0.15, 0.2) is 5.38 Å². The predicted molar refractivity (Wildman–Crippen MR) is 65.6 cm³/mol. The molecule has 1 fully saturated rings. The molecule has 1 aromatic rings. The van der Waals surface area contributed by atoms with Crippen LogP contribution in [-0.4, -0.2) is 29.6 Å². The topological polar surface area (TPSA) is 77.2 Å². The van der Waals surface area contributed by atoms with Gasteiger partial charge in [-0.15, -0.1) is 11.3 Å². The maximum absolute atomic E-state index is 11.8. The molecule has 2 unspecified atom stereocenters. The van der Waals surface area contributed by atoms with E-state index >= 15 is 0 Å². The van der Waals surface area contributed by atoms with Gasteiger partial charge in [0.1, 0.15) is 11.1 Å². The van der Waals surface area contributed by atoms with Crippen molar-refractivity contribution in [3.8, 4) is 0 Å². The minimum atomic E-state index is -0.343. The molecule has 0 aliphatic carbocycles. The van der Waals surface area contributed by atoms with Crippen LogP contribution in [0.1, 0.15) is 23.5 Å². The van der Waals surface area contributed by atoms with E-state index in [2.05, 4.69) is 10.3 Å². The molecule has 0 bridgehead atoms. The second kappa shape index (κ2) is 5.57. The van der Waals surface area contributed by atoms with E-state index in [1.54, 1.807) is 11.3 Å². The zero-order chi connectivity index (χ0) is 12.3. The number of nitrogens with zero attached hydrogens (tertiary/aromatic N) is 1. The fraction of sp³-hybridized carbons (Fsp3) is 0.636. The first kappa shape index (κ1) is 12.5. The van der Waals surface area contributed by atoms with E-state index < -0.39 is 0 Å². The highest BCUT2D eigenvalue weighted by Gasteiger charge is 2.29. The lowest BCUT2D eigenvalue weighted by molar-refractivity contribution is -0.132. The molecule has 17 heavy (non-hydrogen) atoms. The van der Waals surface area contributed by atoms with Gasteiger partial charge in [0.2, 0.25) is 5.91 Å². The fourth-order valence-electron chi connectivity index (χ4n) is 1.83. The van der Waals surface area contributed by atoms with Gasteiger partial charge in [-0.05, 0) is 19.8 Å². The number of amides is 1. The maximum Gasteiger partial charge on any atom is 0.249 e. The van der Waals surface area contributed by atoms with E-state index in [4.69, 9.17) is 10.5 Å². The molecule has 1 aliphatic rings. The lowest BCUT2D eigenvalue weighted by Crippen LogP contribution is -2.35. The van der Waals surface area contributed by atoms with Gasteiger partial charge in [-0.3, -0.25) is 4.79 Å². The summed E-state index contributed by atoms with van der Waals surface area (Å²) in [5, 5.41) is 5.73. The molecule has 1 aliphatic heterocycles. The molecule has 0 radical (unpaired) electrons. The molecule has 3 N–H and O–H groups in total. The van der Waals surface area contributed by atoms with Crippen LogP contribution in [0, 0.1) is 6.92 Å². The Morgan fingerprint density at radius 2 is 2.53 bits per heavy atom. The molecule has 0 aromatic carbocycles. The molecular formula is C11H17N3O2S. The second-order valence-electron chi connectivity index (χ2n) is 4.16. The van der Waals surface area contributed by atoms with Crippen LogP contribution in [0.25, 0.3) is 0 Å². The van der Waals surface area contributed by atoms with E-state index in [1.165, 1.54) is 0 Å². The minimum absolute atomic E-state index is 0.0351. The molecule has 0 saturated carbocycles. The SMILES string of the molecule is Cc1csc(CNC(=O)C2CCC(CN)O2)n1. The summed E-state index contributed by atoms with van der Waals surface area (Å²) in [6.45, 7) is 2.90. The lowest BCUT2D eigenvalue weighted by atomic mass is 10.2. The first-order chi connectivity index (χ1) is 8.19. The zero-order valence-electron chi connectivity index (χ0n) is 9.81. The average Bonchev–Trinajstić information content (AvgIpc) is 2.94. The number of hydrogen-bond acceptors (Lipinski definition) is 5. The van der Waals surface area contributed by atoms with Crippen molar-refractivity contribution >= 4 is 17.2 Å². The highest BCUT2D eigenvalue weighted by molar-refractivity contribution is 7.09. The Labute approximate surface area is 104 Å². The first-order valence-corrected chi connectivity index (χ1v) is 6.61. The van der Waals surface area contributed by atoms with Gasteiger partial charge < -0.3 is 15.8 Å². The molecular weight excluding hydrogens is 238 g/mol. The van der Waals surface area contributed by atoms with Gasteiger partial charge in [0.15, 0.2) is 0 Å². The number of aryl methyl sites for hydroxylation is 1. The van der Waals surface area contributed by atoms with Gasteiger partial charge in [-0.25, -0.2) is 4.98 Å². The third-order valence-corrected chi connectivity index (χ3v) is 3.71. The Hall–Kier alpha value is -0.980. The highest BCUT2D eigenvalue weighted by Crippen LogP contribution is 2.19. The van der Waals surface area contributed by atoms with Crippen LogP contribution in [0.5, 0.6) is 0 Å². The Morgan fingerprint density at radius 1 is 1.71 bits per heavy atom. The number of thiazole rings is 1. The summed E-state index contributed by atoms with van der Waals surface area (Å²) in [6.07, 6.45) is 1.31. The maximum atomic E-state index is 11.8. The van der Waals surface area contributed by atoms with E-state index in [1.807, 2.05) is 12.3 Å². The van der Waals surface area contributed by atoms with Gasteiger partial charge in [0, 0.05) is 17.6 Å². The molecule has 1 saturated heterocycles. The van der Waals surface area contributed by atoms with Gasteiger partial charge >= 0.3 is 0 Å². The number of nitrogens with one attached hydrogen (secondary N) is 1. The van der Waals surface area contributed by atoms with Crippen LogP contribution in [0.2, 0.25) is 0 Å². The smallest absolute Gasteiger partial charge is 0.249 e. The molecule has 2 heterocycles. The molecule has 2 atom stereocenters. The van der Waals surface area contributed by atoms with E-state index in [-0.39, 0.29) is 18.1 Å².